The Morgan fingerprint density at radius 1 is 1.20 bits per heavy atom. The summed E-state index contributed by atoms with van der Waals surface area (Å²) >= 11 is 1.77. The lowest BCUT2D eigenvalue weighted by atomic mass is 9.94. The van der Waals surface area contributed by atoms with E-state index in [0.717, 1.165) is 5.82 Å². The number of aromatic nitrogens is 2. The molecule has 0 atom stereocenters. The van der Waals surface area contributed by atoms with Crippen LogP contribution in [0.4, 0.5) is 0 Å². The Morgan fingerprint density at radius 3 is 2.65 bits per heavy atom. The van der Waals surface area contributed by atoms with Gasteiger partial charge in [0, 0.05) is 29.9 Å². The van der Waals surface area contributed by atoms with Crippen molar-refractivity contribution in [3.8, 4) is 21.8 Å². The topological polar surface area (TPSA) is 17.8 Å². The van der Waals surface area contributed by atoms with Crippen LogP contribution in [0, 0.1) is 0 Å². The summed E-state index contributed by atoms with van der Waals surface area (Å²) in [6, 6.07) is 11.0. The summed E-state index contributed by atoms with van der Waals surface area (Å²) in [7, 11) is 2.05. The molecular formula is C17H18N2S. The molecule has 0 fully saturated rings. The van der Waals surface area contributed by atoms with Crippen molar-refractivity contribution in [1.29, 1.82) is 0 Å². The summed E-state index contributed by atoms with van der Waals surface area (Å²) in [5.41, 5.74) is 3.85. The molecule has 0 saturated carbocycles. The molecule has 1 aromatic carbocycles. The first-order valence-corrected chi connectivity index (χ1v) is 7.70. The van der Waals surface area contributed by atoms with Gasteiger partial charge in [0.1, 0.15) is 5.82 Å². The SMILES string of the molecule is CC(C)c1ccc(-c2cccs2)cc1-c1nccn1C. The highest BCUT2D eigenvalue weighted by Crippen LogP contribution is 2.33. The molecule has 0 radical (unpaired) electrons. The molecular weight excluding hydrogens is 264 g/mol. The third-order valence-electron chi connectivity index (χ3n) is 3.54. The van der Waals surface area contributed by atoms with E-state index in [1.54, 1.807) is 11.3 Å². The molecule has 2 heterocycles. The van der Waals surface area contributed by atoms with E-state index in [4.69, 9.17) is 0 Å². The average molecular weight is 282 g/mol. The lowest BCUT2D eigenvalue weighted by Crippen LogP contribution is -1.98. The average Bonchev–Trinajstić information content (AvgIpc) is 3.08. The van der Waals surface area contributed by atoms with Gasteiger partial charge in [-0.1, -0.05) is 32.0 Å². The fraction of sp³-hybridized carbons (Fsp3) is 0.235. The van der Waals surface area contributed by atoms with Gasteiger partial charge in [-0.3, -0.25) is 0 Å². The van der Waals surface area contributed by atoms with Crippen LogP contribution >= 0.6 is 11.3 Å². The van der Waals surface area contributed by atoms with E-state index in [1.165, 1.54) is 21.6 Å². The molecule has 0 aliphatic rings. The summed E-state index contributed by atoms with van der Waals surface area (Å²) in [5, 5.41) is 2.12. The predicted octanol–water partition coefficient (Wildman–Crippen LogP) is 4.94. The van der Waals surface area contributed by atoms with Crippen molar-refractivity contribution >= 4 is 11.3 Å². The van der Waals surface area contributed by atoms with E-state index in [1.807, 2.05) is 19.4 Å². The maximum atomic E-state index is 4.52. The van der Waals surface area contributed by atoms with Crippen molar-refractivity contribution in [2.45, 2.75) is 19.8 Å². The van der Waals surface area contributed by atoms with Crippen LogP contribution in [-0.4, -0.2) is 9.55 Å². The maximum absolute atomic E-state index is 4.52. The molecule has 2 nitrogen and oxygen atoms in total. The van der Waals surface area contributed by atoms with Crippen molar-refractivity contribution in [3.05, 3.63) is 53.7 Å². The van der Waals surface area contributed by atoms with Crippen LogP contribution in [0.1, 0.15) is 25.3 Å². The number of imidazole rings is 1. The van der Waals surface area contributed by atoms with E-state index in [-0.39, 0.29) is 0 Å². The molecule has 3 rings (SSSR count). The zero-order valence-corrected chi connectivity index (χ0v) is 12.8. The highest BCUT2D eigenvalue weighted by Gasteiger charge is 2.13. The maximum Gasteiger partial charge on any atom is 0.139 e. The minimum absolute atomic E-state index is 0.485. The highest BCUT2D eigenvalue weighted by molar-refractivity contribution is 7.13. The normalized spacial score (nSPS) is 11.2. The van der Waals surface area contributed by atoms with E-state index < -0.39 is 0 Å². The van der Waals surface area contributed by atoms with Crippen molar-refractivity contribution in [2.75, 3.05) is 0 Å². The van der Waals surface area contributed by atoms with Gasteiger partial charge in [-0.2, -0.15) is 0 Å². The summed E-state index contributed by atoms with van der Waals surface area (Å²) in [4.78, 5) is 5.82. The molecule has 3 aromatic rings. The number of rotatable bonds is 3. The molecule has 0 saturated heterocycles. The number of hydrogen-bond donors (Lipinski definition) is 0. The molecule has 2 aromatic heterocycles. The van der Waals surface area contributed by atoms with Crippen LogP contribution in [0.15, 0.2) is 48.1 Å². The molecule has 0 aliphatic heterocycles. The van der Waals surface area contributed by atoms with Gasteiger partial charge in [0.05, 0.1) is 0 Å². The zero-order chi connectivity index (χ0) is 14.1. The van der Waals surface area contributed by atoms with Crippen LogP contribution in [0.2, 0.25) is 0 Å². The first kappa shape index (κ1) is 13.1. The summed E-state index contributed by atoms with van der Waals surface area (Å²) in [6.07, 6.45) is 3.86. The number of aryl methyl sites for hydroxylation is 1. The second-order valence-corrected chi connectivity index (χ2v) is 6.24. The van der Waals surface area contributed by atoms with E-state index in [0.29, 0.717) is 5.92 Å². The predicted molar refractivity (Wildman–Crippen MR) is 86.0 cm³/mol. The molecule has 3 heteroatoms. The summed E-state index contributed by atoms with van der Waals surface area (Å²) < 4.78 is 2.08. The molecule has 102 valence electrons. The number of hydrogen-bond acceptors (Lipinski definition) is 2. The Morgan fingerprint density at radius 2 is 2.05 bits per heavy atom. The van der Waals surface area contributed by atoms with Crippen molar-refractivity contribution in [3.63, 3.8) is 0 Å². The van der Waals surface area contributed by atoms with E-state index in [2.05, 4.69) is 59.1 Å². The third kappa shape index (κ3) is 2.29. The number of benzene rings is 1. The first-order chi connectivity index (χ1) is 9.66. The van der Waals surface area contributed by atoms with Crippen LogP contribution in [-0.2, 0) is 7.05 Å². The van der Waals surface area contributed by atoms with E-state index >= 15 is 0 Å². The fourth-order valence-electron chi connectivity index (χ4n) is 2.47. The van der Waals surface area contributed by atoms with Crippen molar-refractivity contribution in [2.24, 2.45) is 7.05 Å². The minimum atomic E-state index is 0.485. The third-order valence-corrected chi connectivity index (χ3v) is 4.46. The van der Waals surface area contributed by atoms with Gasteiger partial charge < -0.3 is 4.57 Å². The van der Waals surface area contributed by atoms with Gasteiger partial charge in [-0.15, -0.1) is 11.3 Å². The smallest absolute Gasteiger partial charge is 0.139 e. The molecule has 20 heavy (non-hydrogen) atoms. The molecule has 0 N–H and O–H groups in total. The van der Waals surface area contributed by atoms with Crippen LogP contribution < -0.4 is 0 Å². The van der Waals surface area contributed by atoms with Crippen LogP contribution in [0.5, 0.6) is 0 Å². The first-order valence-electron chi connectivity index (χ1n) is 6.82. The molecule has 0 aliphatic carbocycles. The van der Waals surface area contributed by atoms with Crippen LogP contribution in [0.3, 0.4) is 0 Å². The minimum Gasteiger partial charge on any atom is -0.334 e. The molecule has 0 amide bonds. The Hall–Kier alpha value is -1.87. The molecule has 0 spiro atoms. The van der Waals surface area contributed by atoms with Crippen molar-refractivity contribution in [1.82, 2.24) is 9.55 Å². The number of thiophene rings is 1. The molecule has 0 bridgehead atoms. The summed E-state index contributed by atoms with van der Waals surface area (Å²) in [6.45, 7) is 4.46. The fourth-order valence-corrected chi connectivity index (χ4v) is 3.20. The van der Waals surface area contributed by atoms with Crippen LogP contribution in [0.25, 0.3) is 21.8 Å². The largest absolute Gasteiger partial charge is 0.334 e. The van der Waals surface area contributed by atoms with Gasteiger partial charge in [0.15, 0.2) is 0 Å². The monoisotopic (exact) mass is 282 g/mol. The summed E-state index contributed by atoms with van der Waals surface area (Å²) in [5.74, 6) is 1.52. The highest BCUT2D eigenvalue weighted by atomic mass is 32.1. The lowest BCUT2D eigenvalue weighted by molar-refractivity contribution is 0.858. The van der Waals surface area contributed by atoms with Crippen molar-refractivity contribution < 1.29 is 0 Å². The van der Waals surface area contributed by atoms with Gasteiger partial charge in [-0.25, -0.2) is 4.98 Å². The zero-order valence-electron chi connectivity index (χ0n) is 12.0. The Labute approximate surface area is 123 Å². The number of nitrogens with zero attached hydrogens (tertiary/aromatic N) is 2. The Kier molecular flexibility index (Phi) is 3.45. The standard InChI is InChI=1S/C17H18N2S/c1-12(2)14-7-6-13(16-5-4-10-20-16)11-15(14)17-18-8-9-19(17)3/h4-12H,1-3H3. The van der Waals surface area contributed by atoms with Gasteiger partial charge in [0.25, 0.3) is 0 Å². The second-order valence-electron chi connectivity index (χ2n) is 5.30. The Balaban J connectivity index is 2.19. The lowest BCUT2D eigenvalue weighted by Gasteiger charge is -2.14. The quantitative estimate of drug-likeness (QED) is 0.665. The van der Waals surface area contributed by atoms with Gasteiger partial charge in [0.2, 0.25) is 0 Å². The molecule has 0 unspecified atom stereocenters. The van der Waals surface area contributed by atoms with Gasteiger partial charge in [-0.05, 0) is 34.6 Å². The van der Waals surface area contributed by atoms with E-state index in [9.17, 15) is 0 Å². The second kappa shape index (κ2) is 5.25. The Bertz CT molecular complexity index is 708. The van der Waals surface area contributed by atoms with Gasteiger partial charge >= 0.3 is 0 Å².